The van der Waals surface area contributed by atoms with E-state index in [1.54, 1.807) is 6.07 Å². The Morgan fingerprint density at radius 3 is 3.00 bits per heavy atom. The van der Waals surface area contributed by atoms with Gasteiger partial charge in [0.15, 0.2) is 0 Å². The normalized spacial score (nSPS) is 27.3. The van der Waals surface area contributed by atoms with E-state index in [1.165, 1.54) is 12.5 Å². The molecule has 1 aliphatic rings. The molecule has 2 atom stereocenters. The van der Waals surface area contributed by atoms with E-state index in [2.05, 4.69) is 12.2 Å². The fraction of sp³-hybridized carbons (Fsp3) is 0.571. The third-order valence-corrected chi connectivity index (χ3v) is 4.59. The molecule has 1 fully saturated rings. The highest BCUT2D eigenvalue weighted by Gasteiger charge is 2.32. The van der Waals surface area contributed by atoms with Gasteiger partial charge in [-0.1, -0.05) is 19.8 Å². The second kappa shape index (κ2) is 5.83. The van der Waals surface area contributed by atoms with Crippen LogP contribution in [0.15, 0.2) is 12.1 Å². The second-order valence-corrected chi connectivity index (χ2v) is 6.80. The van der Waals surface area contributed by atoms with Gasteiger partial charge >= 0.3 is 0 Å². The number of nitrogens with two attached hydrogens (primary N) is 1. The van der Waals surface area contributed by atoms with Crippen molar-refractivity contribution in [1.29, 1.82) is 0 Å². The van der Waals surface area contributed by atoms with Crippen molar-refractivity contribution in [3.63, 3.8) is 0 Å². The van der Waals surface area contributed by atoms with Gasteiger partial charge in [-0.2, -0.15) is 0 Å². The molecule has 0 aliphatic heterocycles. The molecule has 0 aromatic heterocycles. The van der Waals surface area contributed by atoms with E-state index in [-0.39, 0.29) is 5.82 Å². The maximum atomic E-state index is 13.5. The third-order valence-electron chi connectivity index (χ3n) is 3.77. The van der Waals surface area contributed by atoms with E-state index < -0.39 is 5.60 Å². The topological polar surface area (TPSA) is 58.3 Å². The average molecular weight is 378 g/mol. The molecule has 0 heterocycles. The van der Waals surface area contributed by atoms with Crippen molar-refractivity contribution in [2.45, 2.75) is 38.2 Å². The predicted molar refractivity (Wildman–Crippen MR) is 84.6 cm³/mol. The molecular weight excluding hydrogens is 358 g/mol. The van der Waals surface area contributed by atoms with Gasteiger partial charge in [0.1, 0.15) is 5.82 Å². The van der Waals surface area contributed by atoms with Crippen molar-refractivity contribution in [1.82, 2.24) is 0 Å². The number of nitrogens with one attached hydrogen (secondary N) is 1. The van der Waals surface area contributed by atoms with Gasteiger partial charge in [-0.3, -0.25) is 0 Å². The lowest BCUT2D eigenvalue weighted by Crippen LogP contribution is -2.41. The van der Waals surface area contributed by atoms with Crippen LogP contribution in [0.25, 0.3) is 0 Å². The van der Waals surface area contributed by atoms with Crippen LogP contribution < -0.4 is 11.1 Å². The van der Waals surface area contributed by atoms with Crippen LogP contribution in [0.4, 0.5) is 15.8 Å². The van der Waals surface area contributed by atoms with Crippen LogP contribution >= 0.6 is 22.6 Å². The van der Waals surface area contributed by atoms with Crippen LogP contribution in [-0.4, -0.2) is 17.3 Å². The van der Waals surface area contributed by atoms with Crippen LogP contribution in [0.5, 0.6) is 0 Å². The molecule has 4 N–H and O–H groups in total. The highest BCUT2D eigenvalue weighted by molar-refractivity contribution is 14.1. The zero-order valence-corrected chi connectivity index (χ0v) is 13.2. The van der Waals surface area contributed by atoms with E-state index in [0.717, 1.165) is 19.3 Å². The largest absolute Gasteiger partial charge is 0.397 e. The molecule has 0 radical (unpaired) electrons. The molecule has 5 heteroatoms. The summed E-state index contributed by atoms with van der Waals surface area (Å²) in [6, 6.07) is 3.00. The fourth-order valence-electron chi connectivity index (χ4n) is 2.77. The highest BCUT2D eigenvalue weighted by atomic mass is 127. The van der Waals surface area contributed by atoms with Crippen LogP contribution in [0.1, 0.15) is 32.6 Å². The molecule has 1 aromatic carbocycles. The Labute approximate surface area is 126 Å². The minimum absolute atomic E-state index is 0.290. The van der Waals surface area contributed by atoms with Crippen molar-refractivity contribution in [2.24, 2.45) is 5.92 Å². The minimum Gasteiger partial charge on any atom is -0.397 e. The van der Waals surface area contributed by atoms with Gasteiger partial charge in [0.2, 0.25) is 0 Å². The zero-order valence-electron chi connectivity index (χ0n) is 11.0. The number of aliphatic hydroxyl groups is 1. The summed E-state index contributed by atoms with van der Waals surface area (Å²) in [6.07, 6.45) is 3.78. The molecule has 106 valence electrons. The fourth-order valence-corrected chi connectivity index (χ4v) is 3.26. The molecular formula is C14H20FIN2O. The Kier molecular flexibility index (Phi) is 4.55. The summed E-state index contributed by atoms with van der Waals surface area (Å²) in [5.41, 5.74) is 6.23. The van der Waals surface area contributed by atoms with E-state index >= 15 is 0 Å². The summed E-state index contributed by atoms with van der Waals surface area (Å²) in [4.78, 5) is 0. The molecule has 3 nitrogen and oxygen atoms in total. The first-order valence-electron chi connectivity index (χ1n) is 6.60. The number of halogens is 2. The molecule has 0 bridgehead atoms. The maximum Gasteiger partial charge on any atom is 0.138 e. The van der Waals surface area contributed by atoms with Crippen molar-refractivity contribution < 1.29 is 9.50 Å². The third kappa shape index (κ3) is 3.72. The molecule has 2 unspecified atom stereocenters. The summed E-state index contributed by atoms with van der Waals surface area (Å²) in [7, 11) is 0. The number of rotatable bonds is 3. The standard InChI is InChI=1S/C14H20FIN2O/c1-9-3-2-4-14(19,7-9)8-18-13-5-10(15)11(16)6-12(13)17/h5-6,9,18-19H,2-4,7-8,17H2,1H3. The van der Waals surface area contributed by atoms with Gasteiger partial charge in [0.25, 0.3) is 0 Å². The smallest absolute Gasteiger partial charge is 0.138 e. The SMILES string of the molecule is CC1CCCC(O)(CNc2cc(F)c(I)cc2N)C1. The van der Waals surface area contributed by atoms with E-state index in [4.69, 9.17) is 5.73 Å². The van der Waals surface area contributed by atoms with Crippen LogP contribution in [0.2, 0.25) is 0 Å². The van der Waals surface area contributed by atoms with Gasteiger partial charge in [0.05, 0.1) is 20.5 Å². The van der Waals surface area contributed by atoms with Crippen LogP contribution in [0.3, 0.4) is 0 Å². The first-order valence-corrected chi connectivity index (χ1v) is 7.68. The Hall–Kier alpha value is -0.560. The molecule has 1 saturated carbocycles. The summed E-state index contributed by atoms with van der Waals surface area (Å²) in [5.74, 6) is 0.243. The average Bonchev–Trinajstić information content (AvgIpc) is 2.32. The highest BCUT2D eigenvalue weighted by Crippen LogP contribution is 2.33. The summed E-state index contributed by atoms with van der Waals surface area (Å²) in [5, 5.41) is 13.6. The summed E-state index contributed by atoms with van der Waals surface area (Å²) in [6.45, 7) is 2.57. The van der Waals surface area contributed by atoms with Crippen molar-refractivity contribution >= 4 is 34.0 Å². The maximum absolute atomic E-state index is 13.5. The van der Waals surface area contributed by atoms with Crippen molar-refractivity contribution in [2.75, 3.05) is 17.6 Å². The van der Waals surface area contributed by atoms with Gasteiger partial charge in [0, 0.05) is 12.6 Å². The van der Waals surface area contributed by atoms with E-state index in [1.807, 2.05) is 22.6 Å². The first kappa shape index (κ1) is 14.8. The number of nitrogen functional groups attached to an aromatic ring is 1. The van der Waals surface area contributed by atoms with Gasteiger partial charge in [-0.25, -0.2) is 4.39 Å². The summed E-state index contributed by atoms with van der Waals surface area (Å²) < 4.78 is 14.0. The number of hydrogen-bond acceptors (Lipinski definition) is 3. The van der Waals surface area contributed by atoms with Crippen molar-refractivity contribution in [3.8, 4) is 0 Å². The van der Waals surface area contributed by atoms with E-state index in [0.29, 0.717) is 27.4 Å². The lowest BCUT2D eigenvalue weighted by Gasteiger charge is -2.36. The second-order valence-electron chi connectivity index (χ2n) is 5.63. The van der Waals surface area contributed by atoms with Gasteiger partial charge < -0.3 is 16.2 Å². The molecule has 1 aromatic rings. The minimum atomic E-state index is -0.705. The molecule has 19 heavy (non-hydrogen) atoms. The lowest BCUT2D eigenvalue weighted by atomic mass is 9.79. The summed E-state index contributed by atoms with van der Waals surface area (Å²) >= 11 is 1.91. The van der Waals surface area contributed by atoms with Crippen LogP contribution in [-0.2, 0) is 0 Å². The molecule has 0 saturated heterocycles. The molecule has 1 aliphatic carbocycles. The number of benzene rings is 1. The quantitative estimate of drug-likeness (QED) is 0.559. The molecule has 0 spiro atoms. The monoisotopic (exact) mass is 378 g/mol. The Balaban J connectivity index is 2.04. The predicted octanol–water partition coefficient (Wildman–Crippen LogP) is 3.37. The zero-order chi connectivity index (χ0) is 14.0. The van der Waals surface area contributed by atoms with Crippen LogP contribution in [0, 0.1) is 15.3 Å². The first-order chi connectivity index (χ1) is 8.89. The molecule has 2 rings (SSSR count). The van der Waals surface area contributed by atoms with Gasteiger partial charge in [-0.15, -0.1) is 0 Å². The number of anilines is 2. The van der Waals surface area contributed by atoms with E-state index in [9.17, 15) is 9.50 Å². The Bertz CT molecular complexity index is 469. The Morgan fingerprint density at radius 1 is 1.58 bits per heavy atom. The molecule has 0 amide bonds. The Morgan fingerprint density at radius 2 is 2.32 bits per heavy atom. The lowest BCUT2D eigenvalue weighted by molar-refractivity contribution is -0.000753. The number of hydrogen-bond donors (Lipinski definition) is 3. The van der Waals surface area contributed by atoms with Crippen molar-refractivity contribution in [3.05, 3.63) is 21.5 Å². The van der Waals surface area contributed by atoms with Gasteiger partial charge in [-0.05, 0) is 47.4 Å².